The number of benzene rings is 1. The number of nitrogens with one attached hydrogen (secondary N) is 1. The third kappa shape index (κ3) is 2.28. The number of carbonyl (C=O) groups is 1. The fraction of sp³-hybridized carbons (Fsp3) is 0.462. The van der Waals surface area contributed by atoms with E-state index in [-0.39, 0.29) is 24.3 Å². The highest BCUT2D eigenvalue weighted by Gasteiger charge is 2.61. The summed E-state index contributed by atoms with van der Waals surface area (Å²) in [7, 11) is 0. The van der Waals surface area contributed by atoms with E-state index in [0.717, 1.165) is 0 Å². The van der Waals surface area contributed by atoms with Crippen molar-refractivity contribution in [1.29, 1.82) is 0 Å². The Hall–Kier alpha value is -1.69. The molecule has 4 nitrogen and oxygen atoms in total. The van der Waals surface area contributed by atoms with Gasteiger partial charge < -0.3 is 15.5 Å². The quantitative estimate of drug-likeness (QED) is 0.738. The van der Waals surface area contributed by atoms with E-state index in [1.807, 2.05) is 5.32 Å². The molecule has 0 heterocycles. The Kier molecular flexibility index (Phi) is 3.22. The van der Waals surface area contributed by atoms with Gasteiger partial charge in [-0.25, -0.2) is 0 Å². The largest absolute Gasteiger partial charge is 0.506 e. The van der Waals surface area contributed by atoms with Crippen molar-refractivity contribution in [2.45, 2.75) is 37.7 Å². The Morgan fingerprint density at radius 3 is 2.58 bits per heavy atom. The number of rotatable bonds is 3. The molecule has 1 aromatic rings. The molecule has 0 bridgehead atoms. The van der Waals surface area contributed by atoms with E-state index in [1.54, 1.807) is 13.0 Å². The van der Waals surface area contributed by atoms with Crippen LogP contribution in [0.4, 0.5) is 14.5 Å². The number of phenols is 1. The molecule has 1 fully saturated rings. The monoisotopic (exact) mass is 271 g/mol. The molecule has 1 aliphatic carbocycles. The zero-order chi connectivity index (χ0) is 14.3. The molecule has 0 saturated heterocycles. The second kappa shape index (κ2) is 4.45. The Morgan fingerprint density at radius 1 is 1.42 bits per heavy atom. The molecule has 1 aromatic carbocycles. The number of halogens is 2. The highest BCUT2D eigenvalue weighted by Crippen LogP contribution is 2.44. The maximum absolute atomic E-state index is 13.8. The smallest absolute Gasteiger partial charge is 0.352 e. The summed E-state index contributed by atoms with van der Waals surface area (Å²) in [6, 6.07) is 4.28. The van der Waals surface area contributed by atoms with E-state index in [1.165, 1.54) is 12.1 Å². The summed E-state index contributed by atoms with van der Waals surface area (Å²) in [4.78, 5) is 11.6. The van der Waals surface area contributed by atoms with Crippen LogP contribution in [-0.2, 0) is 4.79 Å². The van der Waals surface area contributed by atoms with Gasteiger partial charge in [-0.05, 0) is 43.9 Å². The number of alkyl halides is 2. The molecule has 0 spiro atoms. The lowest BCUT2D eigenvalue weighted by molar-refractivity contribution is -0.212. The third-order valence-electron chi connectivity index (χ3n) is 3.45. The van der Waals surface area contributed by atoms with Crippen LogP contribution in [0.3, 0.4) is 0 Å². The molecule has 0 radical (unpaired) electrons. The molecule has 0 atom stereocenters. The summed E-state index contributed by atoms with van der Waals surface area (Å²) in [6.07, 6.45) is 0.259. The summed E-state index contributed by atoms with van der Waals surface area (Å²) in [5.74, 6) is -5.77. The summed E-state index contributed by atoms with van der Waals surface area (Å²) in [6.45, 7) is 1.70. The molecular formula is C13H15F2NO3. The first-order valence-electron chi connectivity index (χ1n) is 5.97. The van der Waals surface area contributed by atoms with Gasteiger partial charge in [0.2, 0.25) is 0 Å². The van der Waals surface area contributed by atoms with Gasteiger partial charge in [0.15, 0.2) is 0 Å². The van der Waals surface area contributed by atoms with Gasteiger partial charge in [0, 0.05) is 0 Å². The predicted molar refractivity (Wildman–Crippen MR) is 65.2 cm³/mol. The molecule has 1 amide bonds. The van der Waals surface area contributed by atoms with Crippen LogP contribution in [0.2, 0.25) is 0 Å². The number of phenolic OH excluding ortho intramolecular Hbond substituents is 1. The van der Waals surface area contributed by atoms with E-state index in [4.69, 9.17) is 0 Å². The molecular weight excluding hydrogens is 256 g/mol. The maximum atomic E-state index is 13.8. The minimum Gasteiger partial charge on any atom is -0.506 e. The van der Waals surface area contributed by atoms with Crippen molar-refractivity contribution >= 4 is 11.6 Å². The third-order valence-corrected chi connectivity index (χ3v) is 3.45. The number of carbonyl (C=O) groups excluding carboxylic acids is 1. The molecule has 6 heteroatoms. The van der Waals surface area contributed by atoms with Crippen LogP contribution in [0.15, 0.2) is 18.2 Å². The molecule has 104 valence electrons. The average molecular weight is 271 g/mol. The van der Waals surface area contributed by atoms with E-state index >= 15 is 0 Å². The zero-order valence-corrected chi connectivity index (χ0v) is 10.4. The number of anilines is 1. The molecule has 2 rings (SSSR count). The molecule has 1 saturated carbocycles. The van der Waals surface area contributed by atoms with Crippen molar-refractivity contribution in [1.82, 2.24) is 0 Å². The standard InChI is InChI=1S/C13H15F2NO3/c1-8-3-4-10(17)9(7-8)16-11(18)13(14,15)12(19)5-2-6-12/h3-4,7,17,19H,2,5-6H2,1H3,(H,16,18). The van der Waals surface area contributed by atoms with Gasteiger partial charge in [0.25, 0.3) is 5.91 Å². The molecule has 0 aliphatic heterocycles. The van der Waals surface area contributed by atoms with Crippen LogP contribution in [0, 0.1) is 6.92 Å². The van der Waals surface area contributed by atoms with E-state index < -0.39 is 17.4 Å². The number of aryl methyl sites for hydroxylation is 1. The Morgan fingerprint density at radius 2 is 2.05 bits per heavy atom. The van der Waals surface area contributed by atoms with Crippen LogP contribution >= 0.6 is 0 Å². The number of hydrogen-bond donors (Lipinski definition) is 3. The SMILES string of the molecule is Cc1ccc(O)c(NC(=O)C(F)(F)C2(O)CCC2)c1. The second-order valence-electron chi connectivity index (χ2n) is 4.93. The van der Waals surface area contributed by atoms with Crippen molar-refractivity contribution in [2.75, 3.05) is 5.32 Å². The molecule has 19 heavy (non-hydrogen) atoms. The zero-order valence-electron chi connectivity index (χ0n) is 10.4. The van der Waals surface area contributed by atoms with Gasteiger partial charge in [-0.3, -0.25) is 4.79 Å². The van der Waals surface area contributed by atoms with Gasteiger partial charge in [0.05, 0.1) is 5.69 Å². The average Bonchev–Trinajstić information content (AvgIpc) is 2.30. The van der Waals surface area contributed by atoms with Gasteiger partial charge in [0.1, 0.15) is 11.4 Å². The van der Waals surface area contributed by atoms with Crippen molar-refractivity contribution < 1.29 is 23.8 Å². The van der Waals surface area contributed by atoms with E-state index in [9.17, 15) is 23.8 Å². The lowest BCUT2D eigenvalue weighted by Crippen LogP contribution is -2.59. The summed E-state index contributed by atoms with van der Waals surface area (Å²) in [5, 5.41) is 21.1. The molecule has 1 aliphatic rings. The van der Waals surface area contributed by atoms with Crippen LogP contribution in [-0.4, -0.2) is 27.6 Å². The summed E-state index contributed by atoms with van der Waals surface area (Å²) in [5.41, 5.74) is -1.65. The first-order chi connectivity index (χ1) is 8.76. The topological polar surface area (TPSA) is 69.6 Å². The van der Waals surface area contributed by atoms with Crippen LogP contribution in [0.25, 0.3) is 0 Å². The number of aliphatic hydroxyl groups is 1. The van der Waals surface area contributed by atoms with Crippen LogP contribution < -0.4 is 5.32 Å². The van der Waals surface area contributed by atoms with Gasteiger partial charge in [-0.15, -0.1) is 0 Å². The Balaban J connectivity index is 2.19. The maximum Gasteiger partial charge on any atom is 0.352 e. The molecule has 0 unspecified atom stereocenters. The normalized spacial score (nSPS) is 17.7. The second-order valence-corrected chi connectivity index (χ2v) is 4.93. The van der Waals surface area contributed by atoms with Crippen molar-refractivity contribution in [3.8, 4) is 5.75 Å². The van der Waals surface area contributed by atoms with Crippen molar-refractivity contribution in [3.05, 3.63) is 23.8 Å². The van der Waals surface area contributed by atoms with E-state index in [2.05, 4.69) is 0 Å². The van der Waals surface area contributed by atoms with E-state index in [0.29, 0.717) is 12.0 Å². The number of aromatic hydroxyl groups is 1. The van der Waals surface area contributed by atoms with Crippen molar-refractivity contribution in [2.24, 2.45) is 0 Å². The molecule has 0 aromatic heterocycles. The highest BCUT2D eigenvalue weighted by molar-refractivity contribution is 5.98. The van der Waals surface area contributed by atoms with Gasteiger partial charge >= 0.3 is 5.92 Å². The highest BCUT2D eigenvalue weighted by atomic mass is 19.3. The lowest BCUT2D eigenvalue weighted by Gasteiger charge is -2.41. The number of amides is 1. The van der Waals surface area contributed by atoms with Crippen LogP contribution in [0.5, 0.6) is 5.75 Å². The Labute approximate surface area is 109 Å². The minimum atomic E-state index is -3.87. The first-order valence-corrected chi connectivity index (χ1v) is 5.97. The van der Waals surface area contributed by atoms with Crippen LogP contribution in [0.1, 0.15) is 24.8 Å². The fourth-order valence-corrected chi connectivity index (χ4v) is 1.99. The van der Waals surface area contributed by atoms with Crippen molar-refractivity contribution in [3.63, 3.8) is 0 Å². The van der Waals surface area contributed by atoms with Gasteiger partial charge in [-0.1, -0.05) is 6.07 Å². The number of hydrogen-bond acceptors (Lipinski definition) is 3. The van der Waals surface area contributed by atoms with Gasteiger partial charge in [-0.2, -0.15) is 8.78 Å². The summed E-state index contributed by atoms with van der Waals surface area (Å²) < 4.78 is 27.6. The summed E-state index contributed by atoms with van der Waals surface area (Å²) >= 11 is 0. The minimum absolute atomic E-state index is 0.0902. The Bertz CT molecular complexity index is 513. The lowest BCUT2D eigenvalue weighted by atomic mass is 9.75. The predicted octanol–water partition coefficient (Wildman–Crippen LogP) is 2.19. The fourth-order valence-electron chi connectivity index (χ4n) is 1.99. The molecule has 3 N–H and O–H groups in total. The first kappa shape index (κ1) is 13.7.